The van der Waals surface area contributed by atoms with Crippen LogP contribution in [0.3, 0.4) is 0 Å². The van der Waals surface area contributed by atoms with Crippen LogP contribution >= 0.6 is 0 Å². The van der Waals surface area contributed by atoms with Gasteiger partial charge in [0.25, 0.3) is 5.91 Å². The molecule has 0 bridgehead atoms. The van der Waals surface area contributed by atoms with Crippen molar-refractivity contribution in [3.63, 3.8) is 0 Å². The molecule has 0 saturated carbocycles. The summed E-state index contributed by atoms with van der Waals surface area (Å²) in [5.74, 6) is -2.40. The number of hydrogen-bond acceptors (Lipinski definition) is 3. The average Bonchev–Trinajstić information content (AvgIpc) is 2.67. The number of carbonyl (C=O) groups is 3. The van der Waals surface area contributed by atoms with Crippen LogP contribution in [0.25, 0.3) is 0 Å². The van der Waals surface area contributed by atoms with Crippen molar-refractivity contribution in [1.29, 1.82) is 0 Å². The summed E-state index contributed by atoms with van der Waals surface area (Å²) >= 11 is 0. The van der Waals surface area contributed by atoms with Gasteiger partial charge in [-0.15, -0.1) is 0 Å². The fraction of sp³-hybridized carbons (Fsp3) is 0.812. The van der Waals surface area contributed by atoms with E-state index in [1.807, 2.05) is 0 Å². The van der Waals surface area contributed by atoms with E-state index in [0.717, 1.165) is 19.3 Å². The summed E-state index contributed by atoms with van der Waals surface area (Å²) in [4.78, 5) is 33.7. The molecule has 4 nitrogen and oxygen atoms in total. The highest BCUT2D eigenvalue weighted by Crippen LogP contribution is 2.17. The lowest BCUT2D eigenvalue weighted by atomic mass is 9.98. The smallest absolute Gasteiger partial charge is 0.289 e. The van der Waals surface area contributed by atoms with Crippen LogP contribution in [-0.2, 0) is 14.4 Å². The summed E-state index contributed by atoms with van der Waals surface area (Å²) in [7, 11) is 0. The quantitative estimate of drug-likeness (QED) is 0.274. The SMILES string of the molecule is CCCCCCCCCCCCC1C(=O)NC(=O)C1=O. The zero-order valence-electron chi connectivity index (χ0n) is 12.6. The lowest BCUT2D eigenvalue weighted by Crippen LogP contribution is -2.22. The van der Waals surface area contributed by atoms with Crippen LogP contribution in [0.1, 0.15) is 77.6 Å². The van der Waals surface area contributed by atoms with Gasteiger partial charge in [-0.05, 0) is 6.42 Å². The molecule has 0 spiro atoms. The number of rotatable bonds is 11. The fourth-order valence-corrected chi connectivity index (χ4v) is 2.64. The number of nitrogens with one attached hydrogen (secondary N) is 1. The standard InChI is InChI=1S/C16H27NO3/c1-2-3-4-5-6-7-8-9-10-11-12-13-14(18)16(20)17-15(13)19/h13H,2-12H2,1H3,(H,17,19,20). The normalized spacial score (nSPS) is 18.6. The Bertz CT molecular complexity index is 339. The number of ketones is 1. The van der Waals surface area contributed by atoms with Crippen molar-refractivity contribution in [2.24, 2.45) is 5.92 Å². The molecule has 1 atom stereocenters. The van der Waals surface area contributed by atoms with Gasteiger partial charge >= 0.3 is 0 Å². The molecule has 1 heterocycles. The van der Waals surface area contributed by atoms with E-state index in [1.54, 1.807) is 0 Å². The molecule has 1 N–H and O–H groups in total. The number of Topliss-reactive ketones (excluding diaryl/α,β-unsaturated/α-hetero) is 1. The minimum Gasteiger partial charge on any atom is -0.289 e. The van der Waals surface area contributed by atoms with Gasteiger partial charge in [0.1, 0.15) is 5.92 Å². The van der Waals surface area contributed by atoms with Crippen LogP contribution in [0.5, 0.6) is 0 Å². The molecule has 20 heavy (non-hydrogen) atoms. The van der Waals surface area contributed by atoms with Crippen molar-refractivity contribution in [1.82, 2.24) is 5.32 Å². The highest BCUT2D eigenvalue weighted by atomic mass is 16.2. The van der Waals surface area contributed by atoms with Gasteiger partial charge in [0.2, 0.25) is 11.7 Å². The second-order valence-electron chi connectivity index (χ2n) is 5.71. The van der Waals surface area contributed by atoms with E-state index in [0.29, 0.717) is 6.42 Å². The first-order valence-electron chi connectivity index (χ1n) is 8.06. The minimum atomic E-state index is -0.730. The van der Waals surface area contributed by atoms with Gasteiger partial charge in [-0.2, -0.15) is 0 Å². The van der Waals surface area contributed by atoms with Crippen LogP contribution in [0.15, 0.2) is 0 Å². The lowest BCUT2D eigenvalue weighted by molar-refractivity contribution is -0.136. The van der Waals surface area contributed by atoms with Crippen LogP contribution in [0, 0.1) is 5.92 Å². The predicted molar refractivity (Wildman–Crippen MR) is 78.1 cm³/mol. The molecule has 1 fully saturated rings. The molecule has 1 aliphatic rings. The molecule has 2 amide bonds. The molecular weight excluding hydrogens is 254 g/mol. The first-order chi connectivity index (χ1) is 9.66. The summed E-state index contributed by atoms with van der Waals surface area (Å²) in [6, 6.07) is 0. The summed E-state index contributed by atoms with van der Waals surface area (Å²) in [5.41, 5.74) is 0. The number of amides is 2. The Kier molecular flexibility index (Phi) is 8.16. The zero-order chi connectivity index (χ0) is 14.8. The Morgan fingerprint density at radius 2 is 1.30 bits per heavy atom. The van der Waals surface area contributed by atoms with Gasteiger partial charge in [0.15, 0.2) is 0 Å². The molecule has 0 aromatic heterocycles. The van der Waals surface area contributed by atoms with Gasteiger partial charge in [0, 0.05) is 0 Å². The molecule has 0 aromatic carbocycles. The van der Waals surface area contributed by atoms with Gasteiger partial charge in [0.05, 0.1) is 0 Å². The molecule has 0 aromatic rings. The highest BCUT2D eigenvalue weighted by Gasteiger charge is 2.39. The molecule has 1 unspecified atom stereocenters. The van der Waals surface area contributed by atoms with Crippen molar-refractivity contribution >= 4 is 17.6 Å². The first-order valence-corrected chi connectivity index (χ1v) is 8.06. The number of hydrogen-bond donors (Lipinski definition) is 1. The summed E-state index contributed by atoms with van der Waals surface area (Å²) in [5, 5.41) is 2.07. The van der Waals surface area contributed by atoms with Crippen LogP contribution in [-0.4, -0.2) is 17.6 Å². The van der Waals surface area contributed by atoms with Crippen molar-refractivity contribution in [2.45, 2.75) is 77.6 Å². The van der Waals surface area contributed by atoms with E-state index in [-0.39, 0.29) is 0 Å². The summed E-state index contributed by atoms with van der Waals surface area (Å²) < 4.78 is 0. The van der Waals surface area contributed by atoms with E-state index in [1.165, 1.54) is 44.9 Å². The Balaban J connectivity index is 1.94. The Labute approximate surface area is 121 Å². The minimum absolute atomic E-state index is 0.407. The molecule has 0 aliphatic carbocycles. The maximum atomic E-state index is 11.4. The van der Waals surface area contributed by atoms with E-state index in [4.69, 9.17) is 0 Å². The van der Waals surface area contributed by atoms with Gasteiger partial charge < -0.3 is 0 Å². The lowest BCUT2D eigenvalue weighted by Gasteiger charge is -2.04. The van der Waals surface area contributed by atoms with Crippen molar-refractivity contribution in [3.05, 3.63) is 0 Å². The monoisotopic (exact) mass is 281 g/mol. The maximum Gasteiger partial charge on any atom is 0.294 e. The Morgan fingerprint density at radius 3 is 1.75 bits per heavy atom. The topological polar surface area (TPSA) is 63.2 Å². The molecule has 4 heteroatoms. The molecule has 1 aliphatic heterocycles. The fourth-order valence-electron chi connectivity index (χ4n) is 2.64. The van der Waals surface area contributed by atoms with E-state index in [2.05, 4.69) is 12.2 Å². The number of unbranched alkanes of at least 4 members (excludes halogenated alkanes) is 9. The highest BCUT2D eigenvalue weighted by molar-refractivity contribution is 6.48. The van der Waals surface area contributed by atoms with Crippen molar-refractivity contribution in [3.8, 4) is 0 Å². The zero-order valence-corrected chi connectivity index (χ0v) is 12.6. The molecule has 1 rings (SSSR count). The van der Waals surface area contributed by atoms with Crippen LogP contribution in [0.2, 0.25) is 0 Å². The Morgan fingerprint density at radius 1 is 0.800 bits per heavy atom. The first kappa shape index (κ1) is 16.9. The Hall–Kier alpha value is -1.19. The predicted octanol–water partition coefficient (Wildman–Crippen LogP) is 3.14. The number of carbonyl (C=O) groups excluding carboxylic acids is 3. The molecule has 0 radical (unpaired) electrons. The summed E-state index contributed by atoms with van der Waals surface area (Å²) in [6.45, 7) is 2.23. The second-order valence-corrected chi connectivity index (χ2v) is 5.71. The average molecular weight is 281 g/mol. The largest absolute Gasteiger partial charge is 0.294 e. The third-order valence-electron chi connectivity index (χ3n) is 3.94. The van der Waals surface area contributed by atoms with E-state index >= 15 is 0 Å². The van der Waals surface area contributed by atoms with Crippen LogP contribution < -0.4 is 5.32 Å². The van der Waals surface area contributed by atoms with Crippen LogP contribution in [0.4, 0.5) is 0 Å². The molecule has 1 saturated heterocycles. The summed E-state index contributed by atoms with van der Waals surface area (Å²) in [6.07, 6.45) is 12.7. The third kappa shape index (κ3) is 5.85. The molecule has 114 valence electrons. The van der Waals surface area contributed by atoms with Gasteiger partial charge in [-0.25, -0.2) is 0 Å². The number of imide groups is 1. The van der Waals surface area contributed by atoms with E-state index < -0.39 is 23.5 Å². The molecular formula is C16H27NO3. The second kappa shape index (κ2) is 9.67. The van der Waals surface area contributed by atoms with Gasteiger partial charge in [-0.1, -0.05) is 71.1 Å². The van der Waals surface area contributed by atoms with Gasteiger partial charge in [-0.3, -0.25) is 19.7 Å². The maximum absolute atomic E-state index is 11.4. The van der Waals surface area contributed by atoms with Crippen molar-refractivity contribution < 1.29 is 14.4 Å². The van der Waals surface area contributed by atoms with Crippen molar-refractivity contribution in [2.75, 3.05) is 0 Å². The third-order valence-corrected chi connectivity index (χ3v) is 3.94. The van der Waals surface area contributed by atoms with E-state index in [9.17, 15) is 14.4 Å².